The molecule has 0 unspecified atom stereocenters. The number of anilines is 1. The van der Waals surface area contributed by atoms with Crippen molar-refractivity contribution in [3.8, 4) is 17.0 Å². The maximum absolute atomic E-state index is 12.1. The number of urea groups is 1. The van der Waals surface area contributed by atoms with Crippen molar-refractivity contribution < 1.29 is 9.53 Å². The third-order valence-electron chi connectivity index (χ3n) is 5.21. The third-order valence-corrected chi connectivity index (χ3v) is 6.35. The molecule has 1 saturated heterocycles. The monoisotopic (exact) mass is 398 g/mol. The van der Waals surface area contributed by atoms with Crippen molar-refractivity contribution >= 4 is 23.5 Å². The number of nitrogens with zero attached hydrogens (tertiary/aromatic N) is 3. The van der Waals surface area contributed by atoms with Crippen LogP contribution in [0.5, 0.6) is 5.75 Å². The SMILES string of the molecule is CCNC(=O)N1CCN(c2cc(-c3cccc(OC)c3)nc3c2SCC3)CC1. The average Bonchev–Trinajstić information content (AvgIpc) is 3.22. The van der Waals surface area contributed by atoms with Crippen LogP contribution in [0.3, 0.4) is 0 Å². The van der Waals surface area contributed by atoms with E-state index in [1.165, 1.54) is 16.3 Å². The van der Waals surface area contributed by atoms with Gasteiger partial charge in [-0.25, -0.2) is 4.79 Å². The van der Waals surface area contributed by atoms with Crippen LogP contribution in [0.4, 0.5) is 10.5 Å². The fourth-order valence-electron chi connectivity index (χ4n) is 3.73. The minimum atomic E-state index is 0.0357. The number of carbonyl (C=O) groups is 1. The molecule has 2 aliphatic rings. The number of ether oxygens (including phenoxy) is 1. The Bertz CT molecular complexity index is 865. The number of aromatic nitrogens is 1. The summed E-state index contributed by atoms with van der Waals surface area (Å²) in [5, 5.41) is 2.90. The fraction of sp³-hybridized carbons (Fsp3) is 0.429. The highest BCUT2D eigenvalue weighted by atomic mass is 32.2. The van der Waals surface area contributed by atoms with Crippen LogP contribution in [-0.4, -0.2) is 61.5 Å². The molecule has 1 N–H and O–H groups in total. The Morgan fingerprint density at radius 1 is 1.25 bits per heavy atom. The van der Waals surface area contributed by atoms with Crippen LogP contribution in [0.25, 0.3) is 11.3 Å². The summed E-state index contributed by atoms with van der Waals surface area (Å²) in [5.74, 6) is 1.92. The highest BCUT2D eigenvalue weighted by molar-refractivity contribution is 7.99. The maximum atomic E-state index is 12.1. The number of methoxy groups -OCH3 is 1. The molecule has 1 aromatic carbocycles. The van der Waals surface area contributed by atoms with Crippen LogP contribution in [0.1, 0.15) is 12.6 Å². The Hall–Kier alpha value is -2.41. The summed E-state index contributed by atoms with van der Waals surface area (Å²) < 4.78 is 5.38. The Morgan fingerprint density at radius 2 is 2.07 bits per heavy atom. The van der Waals surface area contributed by atoms with Crippen LogP contribution in [-0.2, 0) is 6.42 Å². The summed E-state index contributed by atoms with van der Waals surface area (Å²) in [7, 11) is 1.69. The lowest BCUT2D eigenvalue weighted by molar-refractivity contribution is 0.195. The molecule has 0 spiro atoms. The number of pyridine rings is 1. The number of piperazine rings is 1. The molecule has 0 saturated carbocycles. The average molecular weight is 399 g/mol. The molecule has 2 amide bonds. The van der Waals surface area contributed by atoms with Gasteiger partial charge in [0.05, 0.1) is 29.1 Å². The maximum Gasteiger partial charge on any atom is 0.317 e. The molecule has 4 rings (SSSR count). The Kier molecular flexibility index (Phi) is 5.62. The number of aryl methyl sites for hydroxylation is 1. The first kappa shape index (κ1) is 18.9. The summed E-state index contributed by atoms with van der Waals surface area (Å²) >= 11 is 1.89. The molecule has 1 aromatic heterocycles. The number of benzene rings is 1. The van der Waals surface area contributed by atoms with Gasteiger partial charge >= 0.3 is 6.03 Å². The zero-order valence-electron chi connectivity index (χ0n) is 16.4. The Morgan fingerprint density at radius 3 is 2.82 bits per heavy atom. The molecule has 0 bridgehead atoms. The van der Waals surface area contributed by atoms with E-state index in [0.717, 1.165) is 55.4 Å². The standard InChI is InChI=1S/C21H26N4O2S/c1-3-22-21(26)25-10-8-24(9-11-25)19-14-18(23-17-7-12-28-20(17)19)15-5-4-6-16(13-15)27-2/h4-6,13-14H,3,7-12H2,1-2H3,(H,22,26). The van der Waals surface area contributed by atoms with Gasteiger partial charge in [0.15, 0.2) is 0 Å². The number of amides is 2. The second kappa shape index (κ2) is 8.31. The minimum Gasteiger partial charge on any atom is -0.497 e. The lowest BCUT2D eigenvalue weighted by Crippen LogP contribution is -2.52. The van der Waals surface area contributed by atoms with Gasteiger partial charge in [-0.3, -0.25) is 4.98 Å². The second-order valence-electron chi connectivity index (χ2n) is 6.94. The predicted molar refractivity (Wildman–Crippen MR) is 114 cm³/mol. The van der Waals surface area contributed by atoms with Gasteiger partial charge in [0, 0.05) is 50.5 Å². The molecule has 2 aromatic rings. The predicted octanol–water partition coefficient (Wildman–Crippen LogP) is 3.26. The largest absolute Gasteiger partial charge is 0.497 e. The molecule has 28 heavy (non-hydrogen) atoms. The Labute approximate surface area is 170 Å². The normalized spacial score (nSPS) is 16.1. The lowest BCUT2D eigenvalue weighted by Gasteiger charge is -2.36. The van der Waals surface area contributed by atoms with Gasteiger partial charge in [-0.15, -0.1) is 11.8 Å². The number of hydrogen-bond acceptors (Lipinski definition) is 5. The summed E-state index contributed by atoms with van der Waals surface area (Å²) in [6.45, 7) is 5.77. The molecule has 0 aliphatic carbocycles. The van der Waals surface area contributed by atoms with Crippen molar-refractivity contribution in [3.05, 3.63) is 36.0 Å². The molecule has 1 fully saturated rings. The van der Waals surface area contributed by atoms with Gasteiger partial charge in [0.25, 0.3) is 0 Å². The van der Waals surface area contributed by atoms with Gasteiger partial charge in [0.2, 0.25) is 0 Å². The van der Waals surface area contributed by atoms with E-state index in [4.69, 9.17) is 9.72 Å². The van der Waals surface area contributed by atoms with E-state index in [0.29, 0.717) is 6.54 Å². The molecule has 148 valence electrons. The van der Waals surface area contributed by atoms with Crippen molar-refractivity contribution in [3.63, 3.8) is 0 Å². The van der Waals surface area contributed by atoms with Crippen molar-refractivity contribution in [2.75, 3.05) is 50.5 Å². The van der Waals surface area contributed by atoms with E-state index in [1.807, 2.05) is 41.8 Å². The van der Waals surface area contributed by atoms with Gasteiger partial charge in [-0.2, -0.15) is 0 Å². The van der Waals surface area contributed by atoms with E-state index in [9.17, 15) is 4.79 Å². The number of thioether (sulfide) groups is 1. The highest BCUT2D eigenvalue weighted by Crippen LogP contribution is 2.41. The molecule has 6 nitrogen and oxygen atoms in total. The first-order valence-corrected chi connectivity index (χ1v) is 10.8. The number of rotatable bonds is 4. The van der Waals surface area contributed by atoms with Crippen LogP contribution in [0.15, 0.2) is 35.2 Å². The van der Waals surface area contributed by atoms with Crippen molar-refractivity contribution in [1.29, 1.82) is 0 Å². The molecule has 0 radical (unpaired) electrons. The second-order valence-corrected chi connectivity index (χ2v) is 8.05. The van der Waals surface area contributed by atoms with Crippen LogP contribution in [0.2, 0.25) is 0 Å². The van der Waals surface area contributed by atoms with Gasteiger partial charge in [-0.05, 0) is 25.1 Å². The first-order chi connectivity index (χ1) is 13.7. The number of fused-ring (bicyclic) bond motifs is 1. The lowest BCUT2D eigenvalue weighted by atomic mass is 10.1. The van der Waals surface area contributed by atoms with Crippen LogP contribution >= 0.6 is 11.8 Å². The zero-order valence-corrected chi connectivity index (χ0v) is 17.2. The summed E-state index contributed by atoms with van der Waals surface area (Å²) in [5.41, 5.74) is 4.50. The summed E-state index contributed by atoms with van der Waals surface area (Å²) in [4.78, 5) is 22.6. The molecule has 3 heterocycles. The third kappa shape index (κ3) is 3.76. The number of carbonyl (C=O) groups excluding carboxylic acids is 1. The Balaban J connectivity index is 1.61. The molecule has 2 aliphatic heterocycles. The van der Waals surface area contributed by atoms with Crippen molar-refractivity contribution in [1.82, 2.24) is 15.2 Å². The van der Waals surface area contributed by atoms with Gasteiger partial charge in [0.1, 0.15) is 5.75 Å². The quantitative estimate of drug-likeness (QED) is 0.857. The van der Waals surface area contributed by atoms with E-state index in [2.05, 4.69) is 22.3 Å². The van der Waals surface area contributed by atoms with E-state index >= 15 is 0 Å². The van der Waals surface area contributed by atoms with Crippen LogP contribution in [0, 0.1) is 0 Å². The van der Waals surface area contributed by atoms with E-state index in [1.54, 1.807) is 7.11 Å². The topological polar surface area (TPSA) is 57.7 Å². The number of hydrogen-bond donors (Lipinski definition) is 1. The summed E-state index contributed by atoms with van der Waals surface area (Å²) in [6, 6.07) is 10.3. The molecular weight excluding hydrogens is 372 g/mol. The van der Waals surface area contributed by atoms with Crippen LogP contribution < -0.4 is 15.0 Å². The number of nitrogens with one attached hydrogen (secondary N) is 1. The zero-order chi connectivity index (χ0) is 19.5. The van der Waals surface area contributed by atoms with Gasteiger partial charge in [-0.1, -0.05) is 12.1 Å². The van der Waals surface area contributed by atoms with Gasteiger partial charge < -0.3 is 19.9 Å². The summed E-state index contributed by atoms with van der Waals surface area (Å²) in [6.07, 6.45) is 1.00. The molecular formula is C21H26N4O2S. The first-order valence-electron chi connectivity index (χ1n) is 9.78. The highest BCUT2D eigenvalue weighted by Gasteiger charge is 2.26. The fourth-order valence-corrected chi connectivity index (χ4v) is 4.88. The van der Waals surface area contributed by atoms with Crippen molar-refractivity contribution in [2.45, 2.75) is 18.2 Å². The van der Waals surface area contributed by atoms with E-state index in [-0.39, 0.29) is 6.03 Å². The minimum absolute atomic E-state index is 0.0357. The molecule has 0 atom stereocenters. The van der Waals surface area contributed by atoms with Crippen molar-refractivity contribution in [2.24, 2.45) is 0 Å². The smallest absolute Gasteiger partial charge is 0.317 e. The van der Waals surface area contributed by atoms with E-state index < -0.39 is 0 Å². The molecule has 7 heteroatoms.